The van der Waals surface area contributed by atoms with Crippen molar-refractivity contribution in [3.05, 3.63) is 44.6 Å². The van der Waals surface area contributed by atoms with Crippen molar-refractivity contribution in [3.8, 4) is 11.5 Å². The summed E-state index contributed by atoms with van der Waals surface area (Å²) in [5.74, 6) is 0.802. The van der Waals surface area contributed by atoms with Gasteiger partial charge in [-0.05, 0) is 35.0 Å². The summed E-state index contributed by atoms with van der Waals surface area (Å²) < 4.78 is 11.3. The highest BCUT2D eigenvalue weighted by molar-refractivity contribution is 9.10. The van der Waals surface area contributed by atoms with Crippen LogP contribution < -0.4 is 4.74 Å². The lowest BCUT2D eigenvalue weighted by Crippen LogP contribution is -2.00. The van der Waals surface area contributed by atoms with E-state index in [2.05, 4.69) is 15.9 Å². The average Bonchev–Trinajstić information content (AvgIpc) is 2.67. The van der Waals surface area contributed by atoms with E-state index in [-0.39, 0.29) is 5.97 Å². The molecule has 0 fully saturated rings. The van der Waals surface area contributed by atoms with Crippen molar-refractivity contribution in [1.29, 1.82) is 0 Å². The number of thiophene rings is 1. The molecule has 2 rings (SSSR count). The highest BCUT2D eigenvalue weighted by atomic mass is 79.9. The van der Waals surface area contributed by atoms with Crippen LogP contribution in [-0.4, -0.2) is 13.1 Å². The fourth-order valence-corrected chi connectivity index (χ4v) is 2.97. The van der Waals surface area contributed by atoms with Gasteiger partial charge in [0, 0.05) is 4.88 Å². The lowest BCUT2D eigenvalue weighted by Gasteiger charge is -2.06. The topological polar surface area (TPSA) is 35.5 Å². The zero-order valence-electron chi connectivity index (χ0n) is 9.90. The molecule has 0 radical (unpaired) electrons. The van der Waals surface area contributed by atoms with Crippen LogP contribution in [0.5, 0.6) is 11.5 Å². The summed E-state index contributed by atoms with van der Waals surface area (Å²) in [5.41, 5.74) is 0. The van der Waals surface area contributed by atoms with Crippen LogP contribution >= 0.6 is 27.3 Å². The number of hydrogen-bond acceptors (Lipinski definition) is 4. The number of rotatable bonds is 3. The molecule has 0 aliphatic heterocycles. The van der Waals surface area contributed by atoms with E-state index in [4.69, 9.17) is 9.47 Å². The number of esters is 1. The summed E-state index contributed by atoms with van der Waals surface area (Å²) in [7, 11) is 1.36. The van der Waals surface area contributed by atoms with Crippen molar-refractivity contribution >= 4 is 33.2 Å². The fraction of sp³-hybridized carbons (Fsp3) is 0.154. The summed E-state index contributed by atoms with van der Waals surface area (Å²) in [6.07, 6.45) is 0. The maximum absolute atomic E-state index is 11.7. The zero-order valence-corrected chi connectivity index (χ0v) is 12.3. The summed E-state index contributed by atoms with van der Waals surface area (Å²) in [6, 6.07) is 9.32. The van der Waals surface area contributed by atoms with Gasteiger partial charge in [-0.15, -0.1) is 11.3 Å². The van der Waals surface area contributed by atoms with Crippen LogP contribution in [-0.2, 0) is 4.74 Å². The molecule has 18 heavy (non-hydrogen) atoms. The van der Waals surface area contributed by atoms with Gasteiger partial charge in [0.25, 0.3) is 0 Å². The summed E-state index contributed by atoms with van der Waals surface area (Å²) in [5, 5.41) is 0. The molecule has 1 aromatic heterocycles. The Balaban J connectivity index is 2.40. The van der Waals surface area contributed by atoms with E-state index < -0.39 is 0 Å². The molecule has 94 valence electrons. The van der Waals surface area contributed by atoms with Crippen LogP contribution in [0, 0.1) is 6.92 Å². The fourth-order valence-electron chi connectivity index (χ4n) is 1.43. The smallest absolute Gasteiger partial charge is 0.351 e. The van der Waals surface area contributed by atoms with Gasteiger partial charge in [-0.2, -0.15) is 0 Å². The summed E-state index contributed by atoms with van der Waals surface area (Å²) >= 11 is 4.78. The lowest BCUT2D eigenvalue weighted by atomic mass is 10.3. The molecule has 0 aliphatic carbocycles. The molecule has 0 aliphatic rings. The third kappa shape index (κ3) is 2.57. The van der Waals surface area contributed by atoms with Gasteiger partial charge in [0.2, 0.25) is 0 Å². The lowest BCUT2D eigenvalue weighted by molar-refractivity contribution is 0.0603. The van der Waals surface area contributed by atoms with Gasteiger partial charge in [0.1, 0.15) is 5.75 Å². The zero-order chi connectivity index (χ0) is 13.1. The van der Waals surface area contributed by atoms with E-state index in [1.54, 1.807) is 0 Å². The van der Waals surface area contributed by atoms with E-state index in [9.17, 15) is 4.79 Å². The van der Waals surface area contributed by atoms with Crippen molar-refractivity contribution < 1.29 is 14.3 Å². The Kier molecular flexibility index (Phi) is 4.04. The van der Waals surface area contributed by atoms with Crippen molar-refractivity contribution in [3.63, 3.8) is 0 Å². The first-order valence-electron chi connectivity index (χ1n) is 5.23. The predicted molar refractivity (Wildman–Crippen MR) is 74.6 cm³/mol. The van der Waals surface area contributed by atoms with Crippen LogP contribution in [0.3, 0.4) is 0 Å². The van der Waals surface area contributed by atoms with Gasteiger partial charge < -0.3 is 9.47 Å². The highest BCUT2D eigenvalue weighted by Crippen LogP contribution is 2.41. The minimum absolute atomic E-state index is 0.389. The standard InChI is InChI=1S/C13H11BrO3S/c1-8-10(14)11(12(18-8)13(15)16-2)17-9-6-4-3-5-7-9/h3-7H,1-2H3. The number of benzene rings is 1. The maximum Gasteiger partial charge on any atom is 0.351 e. The number of carbonyl (C=O) groups is 1. The first kappa shape index (κ1) is 13.1. The number of aryl methyl sites for hydroxylation is 1. The summed E-state index contributed by atoms with van der Waals surface area (Å²) in [4.78, 5) is 13.1. The Labute approximate surface area is 117 Å². The molecule has 2 aromatic rings. The molecule has 0 atom stereocenters. The van der Waals surface area contributed by atoms with E-state index in [0.717, 1.165) is 9.35 Å². The molecule has 1 aromatic carbocycles. The average molecular weight is 327 g/mol. The SMILES string of the molecule is COC(=O)c1sc(C)c(Br)c1Oc1ccccc1. The Morgan fingerprint density at radius 2 is 1.94 bits per heavy atom. The van der Waals surface area contributed by atoms with E-state index >= 15 is 0 Å². The number of hydrogen-bond donors (Lipinski definition) is 0. The highest BCUT2D eigenvalue weighted by Gasteiger charge is 2.22. The van der Waals surface area contributed by atoms with Crippen molar-refractivity contribution in [2.75, 3.05) is 7.11 Å². The Morgan fingerprint density at radius 1 is 1.28 bits per heavy atom. The van der Waals surface area contributed by atoms with Crippen LogP contribution in [0.1, 0.15) is 14.5 Å². The molecule has 1 heterocycles. The van der Waals surface area contributed by atoms with Gasteiger partial charge in [0.15, 0.2) is 10.6 Å². The second kappa shape index (κ2) is 5.54. The number of ether oxygens (including phenoxy) is 2. The Bertz CT molecular complexity index is 563. The number of halogens is 1. The molecule has 0 spiro atoms. The van der Waals surface area contributed by atoms with Gasteiger partial charge >= 0.3 is 5.97 Å². The first-order chi connectivity index (χ1) is 8.63. The predicted octanol–water partition coefficient (Wildman–Crippen LogP) is 4.40. The molecule has 3 nitrogen and oxygen atoms in total. The van der Waals surface area contributed by atoms with Crippen molar-refractivity contribution in [1.82, 2.24) is 0 Å². The monoisotopic (exact) mass is 326 g/mol. The maximum atomic E-state index is 11.7. The Morgan fingerprint density at radius 3 is 2.56 bits per heavy atom. The minimum atomic E-state index is -0.389. The molecule has 0 amide bonds. The van der Waals surface area contributed by atoms with Crippen LogP contribution in [0.15, 0.2) is 34.8 Å². The molecular formula is C13H11BrO3S. The van der Waals surface area contributed by atoms with Crippen molar-refractivity contribution in [2.45, 2.75) is 6.92 Å². The van der Waals surface area contributed by atoms with Crippen molar-refractivity contribution in [2.24, 2.45) is 0 Å². The summed E-state index contributed by atoms with van der Waals surface area (Å²) in [6.45, 7) is 1.92. The number of para-hydroxylation sites is 1. The molecule has 0 N–H and O–H groups in total. The van der Waals surface area contributed by atoms with Crippen LogP contribution in [0.4, 0.5) is 0 Å². The van der Waals surface area contributed by atoms with Crippen LogP contribution in [0.2, 0.25) is 0 Å². The Hall–Kier alpha value is -1.33. The third-order valence-corrected chi connectivity index (χ3v) is 4.59. The number of carbonyl (C=O) groups excluding carboxylic acids is 1. The molecule has 0 saturated heterocycles. The van der Waals surface area contributed by atoms with E-state index in [1.807, 2.05) is 37.3 Å². The largest absolute Gasteiger partial charge is 0.465 e. The third-order valence-electron chi connectivity index (χ3n) is 2.30. The van der Waals surface area contributed by atoms with E-state index in [1.165, 1.54) is 18.4 Å². The first-order valence-corrected chi connectivity index (χ1v) is 6.84. The molecular weight excluding hydrogens is 316 g/mol. The second-order valence-corrected chi connectivity index (χ2v) is 5.55. The van der Waals surface area contributed by atoms with Gasteiger partial charge in [-0.1, -0.05) is 18.2 Å². The van der Waals surface area contributed by atoms with Gasteiger partial charge in [-0.3, -0.25) is 0 Å². The molecule has 0 unspecified atom stereocenters. The quantitative estimate of drug-likeness (QED) is 0.784. The van der Waals surface area contributed by atoms with Crippen LogP contribution in [0.25, 0.3) is 0 Å². The molecule has 0 bridgehead atoms. The minimum Gasteiger partial charge on any atom is -0.465 e. The van der Waals surface area contributed by atoms with E-state index in [0.29, 0.717) is 16.4 Å². The second-order valence-electron chi connectivity index (χ2n) is 3.54. The molecule has 5 heteroatoms. The van der Waals surface area contributed by atoms with Gasteiger partial charge in [-0.25, -0.2) is 4.79 Å². The molecule has 0 saturated carbocycles. The van der Waals surface area contributed by atoms with Gasteiger partial charge in [0.05, 0.1) is 11.6 Å². The normalized spacial score (nSPS) is 10.2. The number of methoxy groups -OCH3 is 1.